The Morgan fingerprint density at radius 3 is 2.67 bits per heavy atom. The fourth-order valence-electron chi connectivity index (χ4n) is 1.35. The maximum atomic E-state index is 11.1. The Morgan fingerprint density at radius 1 is 1.40 bits per heavy atom. The van der Waals surface area contributed by atoms with Crippen LogP contribution in [0.4, 0.5) is 0 Å². The molecule has 0 bridgehead atoms. The van der Waals surface area contributed by atoms with Gasteiger partial charge in [-0.25, -0.2) is 0 Å². The SMILES string of the molecule is COCC(=O)NC[C@H](C)c1ccccc1. The summed E-state index contributed by atoms with van der Waals surface area (Å²) in [4.78, 5) is 11.1. The van der Waals surface area contributed by atoms with Crippen molar-refractivity contribution in [1.29, 1.82) is 0 Å². The van der Waals surface area contributed by atoms with E-state index < -0.39 is 0 Å². The van der Waals surface area contributed by atoms with Gasteiger partial charge in [0, 0.05) is 13.7 Å². The molecule has 0 aliphatic carbocycles. The predicted molar refractivity (Wildman–Crippen MR) is 59.7 cm³/mol. The Labute approximate surface area is 90.4 Å². The number of hydrogen-bond donors (Lipinski definition) is 1. The first kappa shape index (κ1) is 11.7. The number of rotatable bonds is 5. The van der Waals surface area contributed by atoms with Gasteiger partial charge in [0.1, 0.15) is 6.61 Å². The van der Waals surface area contributed by atoms with Gasteiger partial charge >= 0.3 is 0 Å². The summed E-state index contributed by atoms with van der Waals surface area (Å²) in [5.41, 5.74) is 1.23. The van der Waals surface area contributed by atoms with E-state index in [1.807, 2.05) is 18.2 Å². The maximum absolute atomic E-state index is 11.1. The normalized spacial score (nSPS) is 12.1. The van der Waals surface area contributed by atoms with E-state index in [9.17, 15) is 4.79 Å². The monoisotopic (exact) mass is 207 g/mol. The first-order valence-electron chi connectivity index (χ1n) is 5.04. The highest BCUT2D eigenvalue weighted by Crippen LogP contribution is 2.12. The number of benzene rings is 1. The van der Waals surface area contributed by atoms with Gasteiger partial charge in [-0.15, -0.1) is 0 Å². The number of ether oxygens (including phenoxy) is 1. The van der Waals surface area contributed by atoms with Crippen molar-refractivity contribution < 1.29 is 9.53 Å². The lowest BCUT2D eigenvalue weighted by Gasteiger charge is -2.12. The fraction of sp³-hybridized carbons (Fsp3) is 0.417. The molecule has 0 spiro atoms. The first-order valence-corrected chi connectivity index (χ1v) is 5.04. The molecule has 0 radical (unpaired) electrons. The van der Waals surface area contributed by atoms with Crippen LogP contribution in [0.15, 0.2) is 30.3 Å². The van der Waals surface area contributed by atoms with Crippen molar-refractivity contribution in [3.8, 4) is 0 Å². The zero-order valence-corrected chi connectivity index (χ0v) is 9.19. The van der Waals surface area contributed by atoms with E-state index in [-0.39, 0.29) is 12.5 Å². The molecule has 0 saturated heterocycles. The average molecular weight is 207 g/mol. The van der Waals surface area contributed by atoms with Gasteiger partial charge in [-0.1, -0.05) is 37.3 Å². The van der Waals surface area contributed by atoms with E-state index in [0.29, 0.717) is 12.5 Å². The molecule has 0 aromatic heterocycles. The molecule has 3 nitrogen and oxygen atoms in total. The Morgan fingerprint density at radius 2 is 2.07 bits per heavy atom. The van der Waals surface area contributed by atoms with Gasteiger partial charge in [-0.05, 0) is 11.5 Å². The Hall–Kier alpha value is -1.35. The quantitative estimate of drug-likeness (QED) is 0.795. The van der Waals surface area contributed by atoms with Crippen molar-refractivity contribution in [2.45, 2.75) is 12.8 Å². The third-order valence-electron chi connectivity index (χ3n) is 2.25. The number of methoxy groups -OCH3 is 1. The van der Waals surface area contributed by atoms with Gasteiger partial charge in [0.05, 0.1) is 0 Å². The Bertz CT molecular complexity index is 298. The smallest absolute Gasteiger partial charge is 0.246 e. The zero-order valence-electron chi connectivity index (χ0n) is 9.19. The summed E-state index contributed by atoms with van der Waals surface area (Å²) in [5, 5.41) is 2.82. The second-order valence-corrected chi connectivity index (χ2v) is 3.55. The molecule has 3 heteroatoms. The standard InChI is InChI=1S/C12H17NO2/c1-10(8-13-12(14)9-15-2)11-6-4-3-5-7-11/h3-7,10H,8-9H2,1-2H3,(H,13,14)/t10-/m0/s1. The summed E-state index contributed by atoms with van der Waals surface area (Å²) in [7, 11) is 1.51. The molecule has 1 aromatic carbocycles. The van der Waals surface area contributed by atoms with Crippen LogP contribution in [-0.4, -0.2) is 26.2 Å². The zero-order chi connectivity index (χ0) is 11.1. The molecule has 0 saturated carbocycles. The molecule has 0 fully saturated rings. The van der Waals surface area contributed by atoms with Crippen LogP contribution in [-0.2, 0) is 9.53 Å². The van der Waals surface area contributed by atoms with Crippen LogP contribution in [0, 0.1) is 0 Å². The summed E-state index contributed by atoms with van der Waals surface area (Å²) in [6.45, 7) is 2.86. The van der Waals surface area contributed by atoms with E-state index in [1.54, 1.807) is 0 Å². The van der Waals surface area contributed by atoms with Crippen LogP contribution >= 0.6 is 0 Å². The van der Waals surface area contributed by atoms with Crippen molar-refractivity contribution >= 4 is 5.91 Å². The van der Waals surface area contributed by atoms with Gasteiger partial charge in [0.25, 0.3) is 0 Å². The van der Waals surface area contributed by atoms with Gasteiger partial charge in [-0.2, -0.15) is 0 Å². The van der Waals surface area contributed by atoms with Crippen LogP contribution < -0.4 is 5.32 Å². The lowest BCUT2D eigenvalue weighted by molar-refractivity contribution is -0.124. The van der Waals surface area contributed by atoms with E-state index in [0.717, 1.165) is 0 Å². The molecule has 0 aliphatic rings. The van der Waals surface area contributed by atoms with Crippen LogP contribution in [0.5, 0.6) is 0 Å². The van der Waals surface area contributed by atoms with E-state index >= 15 is 0 Å². The summed E-state index contributed by atoms with van der Waals surface area (Å²) >= 11 is 0. The summed E-state index contributed by atoms with van der Waals surface area (Å²) < 4.78 is 4.73. The molecule has 1 amide bonds. The van der Waals surface area contributed by atoms with Gasteiger partial charge in [-0.3, -0.25) is 4.79 Å². The summed E-state index contributed by atoms with van der Waals surface area (Å²) in [6.07, 6.45) is 0. The number of carbonyl (C=O) groups excluding carboxylic acids is 1. The molecule has 0 unspecified atom stereocenters. The van der Waals surface area contributed by atoms with Crippen molar-refractivity contribution in [3.63, 3.8) is 0 Å². The molecule has 82 valence electrons. The van der Waals surface area contributed by atoms with Gasteiger partial charge < -0.3 is 10.1 Å². The van der Waals surface area contributed by atoms with E-state index in [4.69, 9.17) is 4.74 Å². The van der Waals surface area contributed by atoms with Crippen molar-refractivity contribution in [1.82, 2.24) is 5.32 Å². The second kappa shape index (κ2) is 6.19. The lowest BCUT2D eigenvalue weighted by Crippen LogP contribution is -2.30. The Balaban J connectivity index is 2.37. The minimum absolute atomic E-state index is 0.0692. The molecular weight excluding hydrogens is 190 g/mol. The highest BCUT2D eigenvalue weighted by atomic mass is 16.5. The van der Waals surface area contributed by atoms with Crippen molar-refractivity contribution in [2.75, 3.05) is 20.3 Å². The average Bonchev–Trinajstić information content (AvgIpc) is 2.27. The van der Waals surface area contributed by atoms with Crippen LogP contribution in [0.2, 0.25) is 0 Å². The number of carbonyl (C=O) groups is 1. The predicted octanol–water partition coefficient (Wildman–Crippen LogP) is 1.55. The second-order valence-electron chi connectivity index (χ2n) is 3.55. The van der Waals surface area contributed by atoms with Gasteiger partial charge in [0.2, 0.25) is 5.91 Å². The fourth-order valence-corrected chi connectivity index (χ4v) is 1.35. The molecule has 15 heavy (non-hydrogen) atoms. The number of hydrogen-bond acceptors (Lipinski definition) is 2. The maximum Gasteiger partial charge on any atom is 0.246 e. The molecule has 1 atom stereocenters. The van der Waals surface area contributed by atoms with Crippen molar-refractivity contribution in [2.24, 2.45) is 0 Å². The van der Waals surface area contributed by atoms with Crippen LogP contribution in [0.1, 0.15) is 18.4 Å². The van der Waals surface area contributed by atoms with E-state index in [1.165, 1.54) is 12.7 Å². The topological polar surface area (TPSA) is 38.3 Å². The number of nitrogens with one attached hydrogen (secondary N) is 1. The van der Waals surface area contributed by atoms with Gasteiger partial charge in [0.15, 0.2) is 0 Å². The summed E-state index contributed by atoms with van der Waals surface area (Å²) in [6, 6.07) is 10.1. The molecule has 0 heterocycles. The molecule has 1 N–H and O–H groups in total. The highest BCUT2D eigenvalue weighted by Gasteiger charge is 2.06. The lowest BCUT2D eigenvalue weighted by atomic mass is 10.0. The third-order valence-corrected chi connectivity index (χ3v) is 2.25. The third kappa shape index (κ3) is 4.13. The largest absolute Gasteiger partial charge is 0.375 e. The minimum atomic E-state index is -0.0692. The first-order chi connectivity index (χ1) is 7.24. The van der Waals surface area contributed by atoms with E-state index in [2.05, 4.69) is 24.4 Å². The summed E-state index contributed by atoms with van der Waals surface area (Å²) in [5.74, 6) is 0.257. The number of amides is 1. The van der Waals surface area contributed by atoms with Crippen LogP contribution in [0.25, 0.3) is 0 Å². The minimum Gasteiger partial charge on any atom is -0.375 e. The Kier molecular flexibility index (Phi) is 4.84. The molecular formula is C12H17NO2. The molecule has 1 rings (SSSR count). The molecule has 1 aromatic rings. The van der Waals surface area contributed by atoms with Crippen LogP contribution in [0.3, 0.4) is 0 Å². The van der Waals surface area contributed by atoms with Crippen molar-refractivity contribution in [3.05, 3.63) is 35.9 Å². The highest BCUT2D eigenvalue weighted by molar-refractivity contribution is 5.77. The molecule has 0 aliphatic heterocycles.